The first-order valence-electron chi connectivity index (χ1n) is 5.56. The Morgan fingerprint density at radius 2 is 2.11 bits per heavy atom. The Hall–Kier alpha value is -2.11. The van der Waals surface area contributed by atoms with E-state index in [-0.39, 0.29) is 30.7 Å². The second kappa shape index (κ2) is 6.00. The van der Waals surface area contributed by atoms with Crippen LogP contribution in [0.1, 0.15) is 45.4 Å². The number of ether oxygens (including phenoxy) is 1. The average molecular weight is 253 g/mol. The summed E-state index contributed by atoms with van der Waals surface area (Å²) < 4.78 is 4.89. The summed E-state index contributed by atoms with van der Waals surface area (Å²) in [7, 11) is 0. The smallest absolute Gasteiger partial charge is 0.340 e. The molecule has 0 aromatic carbocycles. The number of carboxylic acid groups (broad SMARTS) is 1. The quantitative estimate of drug-likeness (QED) is 0.589. The molecule has 98 valence electrons. The van der Waals surface area contributed by atoms with Crippen molar-refractivity contribution in [1.29, 1.82) is 0 Å². The molecule has 0 aliphatic heterocycles. The Morgan fingerprint density at radius 1 is 1.44 bits per heavy atom. The van der Waals surface area contributed by atoms with Crippen LogP contribution in [-0.4, -0.2) is 34.9 Å². The largest absolute Gasteiger partial charge is 0.481 e. The molecule has 0 unspecified atom stereocenters. The van der Waals surface area contributed by atoms with Crippen molar-refractivity contribution >= 4 is 18.2 Å². The molecule has 0 aliphatic carbocycles. The first-order chi connectivity index (χ1) is 8.51. The number of H-pyrrole nitrogens is 1. The van der Waals surface area contributed by atoms with Crippen LogP contribution in [0.15, 0.2) is 0 Å². The van der Waals surface area contributed by atoms with Gasteiger partial charge in [0, 0.05) is 5.69 Å². The molecular formula is C12H15NO5. The lowest BCUT2D eigenvalue weighted by atomic mass is 10.1. The minimum absolute atomic E-state index is 0.120. The highest BCUT2D eigenvalue weighted by atomic mass is 16.5. The molecule has 0 radical (unpaired) electrons. The molecule has 0 fully saturated rings. The van der Waals surface area contributed by atoms with Gasteiger partial charge in [-0.3, -0.25) is 9.59 Å². The van der Waals surface area contributed by atoms with Gasteiger partial charge in [0.15, 0.2) is 6.29 Å². The predicted molar refractivity (Wildman–Crippen MR) is 62.8 cm³/mol. The first kappa shape index (κ1) is 14.0. The Balaban J connectivity index is 3.10. The molecule has 0 bridgehead atoms. The van der Waals surface area contributed by atoms with E-state index >= 15 is 0 Å². The van der Waals surface area contributed by atoms with Gasteiger partial charge < -0.3 is 14.8 Å². The first-order valence-corrected chi connectivity index (χ1v) is 5.56. The Kier molecular flexibility index (Phi) is 4.65. The van der Waals surface area contributed by atoms with E-state index in [4.69, 9.17) is 9.84 Å². The van der Waals surface area contributed by atoms with Crippen LogP contribution in [-0.2, 0) is 16.0 Å². The fourth-order valence-electron chi connectivity index (χ4n) is 1.70. The third kappa shape index (κ3) is 2.97. The van der Waals surface area contributed by atoms with Crippen molar-refractivity contribution in [1.82, 2.24) is 4.98 Å². The van der Waals surface area contributed by atoms with Crippen molar-refractivity contribution in [2.75, 3.05) is 6.61 Å². The third-order valence-electron chi connectivity index (χ3n) is 2.55. The van der Waals surface area contributed by atoms with E-state index in [0.29, 0.717) is 17.5 Å². The number of hydrogen-bond acceptors (Lipinski definition) is 4. The second-order valence-corrected chi connectivity index (χ2v) is 3.75. The van der Waals surface area contributed by atoms with E-state index in [2.05, 4.69) is 4.98 Å². The molecule has 0 amide bonds. The highest BCUT2D eigenvalue weighted by Gasteiger charge is 2.21. The summed E-state index contributed by atoms with van der Waals surface area (Å²) >= 11 is 0. The molecule has 6 nitrogen and oxygen atoms in total. The molecule has 1 heterocycles. The van der Waals surface area contributed by atoms with Crippen molar-refractivity contribution in [2.45, 2.75) is 26.7 Å². The lowest BCUT2D eigenvalue weighted by Crippen LogP contribution is -2.09. The molecule has 6 heteroatoms. The van der Waals surface area contributed by atoms with Gasteiger partial charge in [0.1, 0.15) is 0 Å². The van der Waals surface area contributed by atoms with E-state index in [1.807, 2.05) is 0 Å². The molecule has 2 N–H and O–H groups in total. The molecule has 0 spiro atoms. The maximum Gasteiger partial charge on any atom is 0.340 e. The average Bonchev–Trinajstić information content (AvgIpc) is 2.63. The molecular weight excluding hydrogens is 238 g/mol. The molecule has 1 rings (SSSR count). The van der Waals surface area contributed by atoms with Crippen LogP contribution in [0.4, 0.5) is 0 Å². The molecule has 0 saturated carbocycles. The van der Waals surface area contributed by atoms with Gasteiger partial charge in [0.2, 0.25) is 0 Å². The van der Waals surface area contributed by atoms with Gasteiger partial charge in [0.05, 0.1) is 24.3 Å². The van der Waals surface area contributed by atoms with Crippen LogP contribution in [0.3, 0.4) is 0 Å². The molecule has 1 aromatic heterocycles. The highest BCUT2D eigenvalue weighted by Crippen LogP contribution is 2.20. The topological polar surface area (TPSA) is 96.5 Å². The third-order valence-corrected chi connectivity index (χ3v) is 2.55. The number of carbonyl (C=O) groups is 3. The van der Waals surface area contributed by atoms with Gasteiger partial charge in [-0.15, -0.1) is 0 Å². The van der Waals surface area contributed by atoms with Crippen LogP contribution in [0, 0.1) is 6.92 Å². The van der Waals surface area contributed by atoms with Crippen LogP contribution < -0.4 is 0 Å². The van der Waals surface area contributed by atoms with Crippen molar-refractivity contribution < 1.29 is 24.2 Å². The van der Waals surface area contributed by atoms with Gasteiger partial charge in [0.25, 0.3) is 0 Å². The normalized spacial score (nSPS) is 10.1. The zero-order chi connectivity index (χ0) is 13.7. The Morgan fingerprint density at radius 3 is 2.61 bits per heavy atom. The zero-order valence-corrected chi connectivity index (χ0v) is 10.3. The highest BCUT2D eigenvalue weighted by molar-refractivity contribution is 5.95. The number of rotatable bonds is 6. The number of aldehydes is 1. The van der Waals surface area contributed by atoms with E-state index in [0.717, 1.165) is 0 Å². The summed E-state index contributed by atoms with van der Waals surface area (Å²) in [6.45, 7) is 3.52. The lowest BCUT2D eigenvalue weighted by molar-refractivity contribution is -0.137. The van der Waals surface area contributed by atoms with Crippen molar-refractivity contribution in [2.24, 2.45) is 0 Å². The Labute approximate surface area is 104 Å². The van der Waals surface area contributed by atoms with Gasteiger partial charge >= 0.3 is 11.9 Å². The summed E-state index contributed by atoms with van der Waals surface area (Å²) in [5.41, 5.74) is 1.46. The Bertz CT molecular complexity index is 475. The zero-order valence-electron chi connectivity index (χ0n) is 10.3. The summed E-state index contributed by atoms with van der Waals surface area (Å²) in [6, 6.07) is 0. The number of nitrogens with one attached hydrogen (secondary N) is 1. The van der Waals surface area contributed by atoms with Crippen LogP contribution >= 0.6 is 0 Å². The maximum atomic E-state index is 11.8. The summed E-state index contributed by atoms with van der Waals surface area (Å²) in [4.78, 5) is 35.9. The number of carbonyl (C=O) groups excluding carboxylic acids is 2. The molecule has 18 heavy (non-hydrogen) atoms. The van der Waals surface area contributed by atoms with Gasteiger partial charge in [-0.25, -0.2) is 4.79 Å². The summed E-state index contributed by atoms with van der Waals surface area (Å²) in [5, 5.41) is 8.64. The van der Waals surface area contributed by atoms with Crippen LogP contribution in [0.2, 0.25) is 0 Å². The van der Waals surface area contributed by atoms with Gasteiger partial charge in [-0.1, -0.05) is 0 Å². The van der Waals surface area contributed by atoms with E-state index in [9.17, 15) is 14.4 Å². The summed E-state index contributed by atoms with van der Waals surface area (Å²) in [5.74, 6) is -1.51. The second-order valence-electron chi connectivity index (χ2n) is 3.75. The number of carboxylic acids is 1. The monoisotopic (exact) mass is 253 g/mol. The van der Waals surface area contributed by atoms with Gasteiger partial charge in [-0.05, 0) is 25.8 Å². The SMILES string of the molecule is CCOC(=O)c1c(CCC(=O)O)[nH]c(C=O)c1C. The molecule has 0 atom stereocenters. The minimum Gasteiger partial charge on any atom is -0.481 e. The molecule has 0 saturated heterocycles. The lowest BCUT2D eigenvalue weighted by Gasteiger charge is -2.04. The predicted octanol–water partition coefficient (Wildman–Crippen LogP) is 1.33. The fraction of sp³-hybridized carbons (Fsp3) is 0.417. The molecule has 1 aromatic rings. The van der Waals surface area contributed by atoms with Crippen molar-refractivity contribution in [3.8, 4) is 0 Å². The number of aryl methyl sites for hydroxylation is 1. The number of aromatic amines is 1. The van der Waals surface area contributed by atoms with Gasteiger partial charge in [-0.2, -0.15) is 0 Å². The summed E-state index contributed by atoms with van der Waals surface area (Å²) in [6.07, 6.45) is 0.630. The van der Waals surface area contributed by atoms with Crippen LogP contribution in [0.25, 0.3) is 0 Å². The van der Waals surface area contributed by atoms with Crippen molar-refractivity contribution in [3.63, 3.8) is 0 Å². The van der Waals surface area contributed by atoms with E-state index < -0.39 is 11.9 Å². The minimum atomic E-state index is -0.968. The van der Waals surface area contributed by atoms with E-state index in [1.165, 1.54) is 0 Å². The van der Waals surface area contributed by atoms with E-state index in [1.54, 1.807) is 13.8 Å². The number of hydrogen-bond donors (Lipinski definition) is 2. The van der Waals surface area contributed by atoms with Crippen molar-refractivity contribution in [3.05, 3.63) is 22.5 Å². The standard InChI is InChI=1S/C12H15NO5/c1-3-18-12(17)11-7(2)9(6-14)13-8(11)4-5-10(15)16/h6,13H,3-5H2,1-2H3,(H,15,16). The van der Waals surface area contributed by atoms with Crippen LogP contribution in [0.5, 0.6) is 0 Å². The number of aromatic nitrogens is 1. The molecule has 0 aliphatic rings. The number of aliphatic carboxylic acids is 1. The fourth-order valence-corrected chi connectivity index (χ4v) is 1.70. The maximum absolute atomic E-state index is 11.8. The number of esters is 1.